The number of likely N-dealkylation sites (N-methyl/N-ethyl adjacent to an activating group) is 1. The molecule has 1 aromatic rings. The van der Waals surface area contributed by atoms with E-state index < -0.39 is 0 Å². The molecule has 126 valence electrons. The van der Waals surface area contributed by atoms with Crippen LogP contribution in [-0.4, -0.2) is 32.1 Å². The van der Waals surface area contributed by atoms with Gasteiger partial charge in [-0.2, -0.15) is 0 Å². The van der Waals surface area contributed by atoms with E-state index in [1.54, 1.807) is 0 Å². The number of carbonyl (C=O) groups is 1. The quantitative estimate of drug-likeness (QED) is 0.649. The van der Waals surface area contributed by atoms with E-state index in [-0.39, 0.29) is 18.3 Å². The van der Waals surface area contributed by atoms with Crippen LogP contribution in [0.1, 0.15) is 37.3 Å². The van der Waals surface area contributed by atoms with Gasteiger partial charge in [0.05, 0.1) is 6.61 Å². The Hall–Kier alpha value is -1.26. The van der Waals surface area contributed by atoms with E-state index in [1.807, 2.05) is 6.92 Å². The number of hydrogen-bond donors (Lipinski definition) is 2. The fraction of sp³-hybridized carbons (Fsp3) is 0.588. The lowest BCUT2D eigenvalue weighted by Gasteiger charge is -2.10. The lowest BCUT2D eigenvalue weighted by molar-refractivity contribution is -0.121. The highest BCUT2D eigenvalue weighted by Crippen LogP contribution is 2.19. The summed E-state index contributed by atoms with van der Waals surface area (Å²) in [6.07, 6.45) is 2.33. The molecule has 0 aliphatic rings. The van der Waals surface area contributed by atoms with Crippen LogP contribution in [0.4, 0.5) is 0 Å². The highest BCUT2D eigenvalue weighted by Gasteiger charge is 2.02. The maximum absolute atomic E-state index is 11.6. The number of hydrogen-bond acceptors (Lipinski definition) is 3. The monoisotopic (exact) mass is 328 g/mol. The minimum Gasteiger partial charge on any atom is -0.493 e. The molecule has 1 aromatic carbocycles. The van der Waals surface area contributed by atoms with Crippen LogP contribution in [0.15, 0.2) is 18.2 Å². The van der Waals surface area contributed by atoms with Gasteiger partial charge in [0, 0.05) is 19.5 Å². The van der Waals surface area contributed by atoms with Gasteiger partial charge in [-0.15, -0.1) is 12.4 Å². The van der Waals surface area contributed by atoms with Crippen LogP contribution in [0.2, 0.25) is 0 Å². The number of amides is 1. The average molecular weight is 329 g/mol. The summed E-state index contributed by atoms with van der Waals surface area (Å²) in [5.74, 6) is 1.07. The molecule has 0 radical (unpaired) electrons. The third-order valence-electron chi connectivity index (χ3n) is 3.27. The van der Waals surface area contributed by atoms with Crippen LogP contribution in [0, 0.1) is 13.8 Å². The summed E-state index contributed by atoms with van der Waals surface area (Å²) in [4.78, 5) is 11.6. The van der Waals surface area contributed by atoms with E-state index in [0.29, 0.717) is 19.6 Å². The number of aryl methyl sites for hydroxylation is 2. The van der Waals surface area contributed by atoms with Gasteiger partial charge in [0.25, 0.3) is 0 Å². The van der Waals surface area contributed by atoms with E-state index >= 15 is 0 Å². The van der Waals surface area contributed by atoms with Crippen molar-refractivity contribution >= 4 is 18.3 Å². The third kappa shape index (κ3) is 8.90. The summed E-state index contributed by atoms with van der Waals surface area (Å²) in [5.41, 5.74) is 2.36. The van der Waals surface area contributed by atoms with Crippen LogP contribution in [-0.2, 0) is 4.79 Å². The highest BCUT2D eigenvalue weighted by molar-refractivity contribution is 5.85. The summed E-state index contributed by atoms with van der Waals surface area (Å²) in [6, 6.07) is 6.21. The van der Waals surface area contributed by atoms with E-state index in [0.717, 1.165) is 37.2 Å². The Bertz CT molecular complexity index is 439. The van der Waals surface area contributed by atoms with Crippen molar-refractivity contribution in [3.63, 3.8) is 0 Å². The smallest absolute Gasteiger partial charge is 0.220 e. The zero-order valence-corrected chi connectivity index (χ0v) is 14.7. The van der Waals surface area contributed by atoms with Crippen molar-refractivity contribution < 1.29 is 9.53 Å². The van der Waals surface area contributed by atoms with Crippen LogP contribution < -0.4 is 15.4 Å². The number of carbonyl (C=O) groups excluding carboxylic acids is 1. The normalized spacial score (nSPS) is 9.95. The van der Waals surface area contributed by atoms with Crippen molar-refractivity contribution in [3.8, 4) is 5.75 Å². The first-order valence-corrected chi connectivity index (χ1v) is 7.81. The summed E-state index contributed by atoms with van der Waals surface area (Å²) >= 11 is 0. The van der Waals surface area contributed by atoms with Gasteiger partial charge < -0.3 is 15.4 Å². The Morgan fingerprint density at radius 2 is 1.95 bits per heavy atom. The Labute approximate surface area is 140 Å². The van der Waals surface area contributed by atoms with Gasteiger partial charge in [-0.05, 0) is 50.4 Å². The minimum absolute atomic E-state index is 0. The van der Waals surface area contributed by atoms with Crippen molar-refractivity contribution in [1.82, 2.24) is 10.6 Å². The first-order chi connectivity index (χ1) is 10.1. The Balaban J connectivity index is 0.00000441. The first-order valence-electron chi connectivity index (χ1n) is 7.81. The molecule has 0 saturated heterocycles. The van der Waals surface area contributed by atoms with Crippen LogP contribution in [0.3, 0.4) is 0 Å². The fourth-order valence-corrected chi connectivity index (χ4v) is 1.99. The number of benzene rings is 1. The second-order valence-electron chi connectivity index (χ2n) is 5.28. The molecule has 0 aromatic heterocycles. The summed E-state index contributed by atoms with van der Waals surface area (Å²) in [6.45, 7) is 9.29. The topological polar surface area (TPSA) is 50.4 Å². The molecule has 0 aliphatic carbocycles. The summed E-state index contributed by atoms with van der Waals surface area (Å²) < 4.78 is 5.77. The zero-order valence-electron chi connectivity index (χ0n) is 13.9. The maximum atomic E-state index is 11.6. The van der Waals surface area contributed by atoms with E-state index in [1.165, 1.54) is 5.56 Å². The summed E-state index contributed by atoms with van der Waals surface area (Å²) in [5, 5.41) is 6.07. The Morgan fingerprint density at radius 3 is 2.68 bits per heavy atom. The average Bonchev–Trinajstić information content (AvgIpc) is 2.47. The maximum Gasteiger partial charge on any atom is 0.220 e. The van der Waals surface area contributed by atoms with Crippen molar-refractivity contribution in [2.45, 2.75) is 40.0 Å². The van der Waals surface area contributed by atoms with Crippen molar-refractivity contribution in [3.05, 3.63) is 29.3 Å². The molecule has 0 unspecified atom stereocenters. The number of ether oxygens (including phenoxy) is 1. The van der Waals surface area contributed by atoms with Gasteiger partial charge in [-0.1, -0.05) is 19.1 Å². The predicted octanol–water partition coefficient (Wildman–Crippen LogP) is 3.00. The van der Waals surface area contributed by atoms with Gasteiger partial charge in [-0.25, -0.2) is 0 Å². The largest absolute Gasteiger partial charge is 0.493 e. The van der Waals surface area contributed by atoms with Crippen LogP contribution in [0.5, 0.6) is 5.75 Å². The highest BCUT2D eigenvalue weighted by atomic mass is 35.5. The Morgan fingerprint density at radius 1 is 1.18 bits per heavy atom. The molecule has 0 heterocycles. The van der Waals surface area contributed by atoms with Gasteiger partial charge in [0.15, 0.2) is 0 Å². The molecule has 0 atom stereocenters. The van der Waals surface area contributed by atoms with Crippen molar-refractivity contribution in [2.24, 2.45) is 0 Å². The lowest BCUT2D eigenvalue weighted by atomic mass is 10.1. The van der Waals surface area contributed by atoms with Gasteiger partial charge in [-0.3, -0.25) is 4.79 Å². The van der Waals surface area contributed by atoms with E-state index in [4.69, 9.17) is 4.74 Å². The molecular formula is C17H29ClN2O2. The minimum atomic E-state index is 0. The number of nitrogens with one attached hydrogen (secondary N) is 2. The molecule has 4 nitrogen and oxygen atoms in total. The molecule has 1 rings (SSSR count). The van der Waals surface area contributed by atoms with E-state index in [2.05, 4.69) is 42.7 Å². The zero-order chi connectivity index (χ0) is 15.5. The SMILES string of the molecule is CCNCCNC(=O)CCCCOc1cc(C)ccc1C.Cl. The molecule has 0 fully saturated rings. The Kier molecular flexibility index (Phi) is 11.6. The van der Waals surface area contributed by atoms with E-state index in [9.17, 15) is 4.79 Å². The molecule has 2 N–H and O–H groups in total. The first kappa shape index (κ1) is 20.7. The molecule has 5 heteroatoms. The van der Waals surface area contributed by atoms with Gasteiger partial charge >= 0.3 is 0 Å². The molecule has 0 spiro atoms. The molecule has 1 amide bonds. The van der Waals surface area contributed by atoms with Gasteiger partial charge in [0.2, 0.25) is 5.91 Å². The molecule has 0 aliphatic heterocycles. The standard InChI is InChI=1S/C17H28N2O2.ClH/c1-4-18-10-11-19-17(20)7-5-6-12-21-16-13-14(2)8-9-15(16)3;/h8-9,13,18H,4-7,10-12H2,1-3H3,(H,19,20);1H. The van der Waals surface area contributed by atoms with Crippen molar-refractivity contribution in [1.29, 1.82) is 0 Å². The number of halogens is 1. The molecular weight excluding hydrogens is 300 g/mol. The second-order valence-corrected chi connectivity index (χ2v) is 5.28. The lowest BCUT2D eigenvalue weighted by Crippen LogP contribution is -2.31. The third-order valence-corrected chi connectivity index (χ3v) is 3.27. The van der Waals surface area contributed by atoms with Crippen LogP contribution in [0.25, 0.3) is 0 Å². The molecule has 0 bridgehead atoms. The van der Waals surface area contributed by atoms with Crippen molar-refractivity contribution in [2.75, 3.05) is 26.2 Å². The molecule has 22 heavy (non-hydrogen) atoms. The predicted molar refractivity (Wildman–Crippen MR) is 94.1 cm³/mol. The fourth-order valence-electron chi connectivity index (χ4n) is 1.99. The number of unbranched alkanes of at least 4 members (excludes halogenated alkanes) is 1. The summed E-state index contributed by atoms with van der Waals surface area (Å²) in [7, 11) is 0. The van der Waals surface area contributed by atoms with Crippen LogP contribution >= 0.6 is 12.4 Å². The van der Waals surface area contributed by atoms with Gasteiger partial charge in [0.1, 0.15) is 5.75 Å². The second kappa shape index (κ2) is 12.3. The molecule has 0 saturated carbocycles. The number of rotatable bonds is 10.